The zero-order valence-electron chi connectivity index (χ0n) is 19.5. The molecule has 2 aromatic carbocycles. The molecule has 0 saturated carbocycles. The van der Waals surface area contributed by atoms with Crippen LogP contribution in [0.2, 0.25) is 0 Å². The Bertz CT molecular complexity index is 1020. The third-order valence-corrected chi connectivity index (χ3v) is 5.70. The molecule has 1 aliphatic rings. The van der Waals surface area contributed by atoms with Gasteiger partial charge in [-0.15, -0.1) is 0 Å². The summed E-state index contributed by atoms with van der Waals surface area (Å²) in [6.07, 6.45) is -4.47. The largest absolute Gasteiger partial charge is 0.484 e. The van der Waals surface area contributed by atoms with Crippen LogP contribution in [0.3, 0.4) is 0 Å². The summed E-state index contributed by atoms with van der Waals surface area (Å²) in [6, 6.07) is 12.2. The molecule has 3 amide bonds. The quantitative estimate of drug-likeness (QED) is 0.645. The third kappa shape index (κ3) is 6.97. The lowest BCUT2D eigenvalue weighted by atomic mass is 10.0. The molecule has 0 radical (unpaired) electrons. The highest BCUT2D eigenvalue weighted by Crippen LogP contribution is 2.29. The van der Waals surface area contributed by atoms with E-state index in [0.29, 0.717) is 5.75 Å². The van der Waals surface area contributed by atoms with E-state index in [9.17, 15) is 27.6 Å². The molecule has 35 heavy (non-hydrogen) atoms. The summed E-state index contributed by atoms with van der Waals surface area (Å²) in [5, 5.41) is 2.73. The molecule has 0 spiro atoms. The lowest BCUT2D eigenvalue weighted by Crippen LogP contribution is -2.57. The van der Waals surface area contributed by atoms with E-state index >= 15 is 0 Å². The van der Waals surface area contributed by atoms with Crippen molar-refractivity contribution in [3.63, 3.8) is 0 Å². The van der Waals surface area contributed by atoms with Gasteiger partial charge in [-0.05, 0) is 42.3 Å². The van der Waals surface area contributed by atoms with Gasteiger partial charge in [0.1, 0.15) is 11.8 Å². The second-order valence-corrected chi connectivity index (χ2v) is 8.58. The van der Waals surface area contributed by atoms with Gasteiger partial charge in [-0.2, -0.15) is 13.2 Å². The van der Waals surface area contributed by atoms with Crippen molar-refractivity contribution in [3.8, 4) is 5.75 Å². The molecule has 1 N–H and O–H groups in total. The normalized spacial score (nSPS) is 15.0. The second kappa shape index (κ2) is 11.2. The predicted molar refractivity (Wildman–Crippen MR) is 123 cm³/mol. The van der Waals surface area contributed by atoms with Crippen molar-refractivity contribution >= 4 is 17.7 Å². The lowest BCUT2D eigenvalue weighted by molar-refractivity contribution is -0.139. The molecule has 3 rings (SSSR count). The maximum absolute atomic E-state index is 13.1. The zero-order valence-corrected chi connectivity index (χ0v) is 19.5. The van der Waals surface area contributed by atoms with Gasteiger partial charge in [0.05, 0.1) is 5.56 Å². The average Bonchev–Trinajstić information content (AvgIpc) is 2.85. The number of nitrogens with zero attached hydrogens (tertiary/aromatic N) is 2. The first-order chi connectivity index (χ1) is 16.6. The van der Waals surface area contributed by atoms with Gasteiger partial charge in [0.2, 0.25) is 5.91 Å². The number of alkyl halides is 3. The number of carbonyl (C=O) groups is 3. The van der Waals surface area contributed by atoms with Crippen LogP contribution in [-0.4, -0.2) is 66.3 Å². The molecule has 1 atom stereocenters. The molecule has 0 aromatic heterocycles. The number of hydrogen-bond donors (Lipinski definition) is 1. The highest BCUT2D eigenvalue weighted by Gasteiger charge is 2.33. The number of benzene rings is 2. The maximum Gasteiger partial charge on any atom is 0.416 e. The van der Waals surface area contributed by atoms with E-state index in [1.807, 2.05) is 19.9 Å². The van der Waals surface area contributed by atoms with Crippen LogP contribution in [0.5, 0.6) is 5.75 Å². The van der Waals surface area contributed by atoms with Crippen LogP contribution in [0.1, 0.15) is 29.8 Å². The number of para-hydroxylation sites is 1. The fourth-order valence-corrected chi connectivity index (χ4v) is 3.71. The van der Waals surface area contributed by atoms with Crippen LogP contribution in [0.4, 0.5) is 13.2 Å². The highest BCUT2D eigenvalue weighted by molar-refractivity contribution is 5.94. The van der Waals surface area contributed by atoms with Gasteiger partial charge in [0.15, 0.2) is 6.61 Å². The number of ether oxygens (including phenoxy) is 1. The zero-order chi connectivity index (χ0) is 25.6. The third-order valence-electron chi connectivity index (χ3n) is 5.70. The number of piperazine rings is 1. The predicted octanol–water partition coefficient (Wildman–Crippen LogP) is 3.21. The molecule has 1 fully saturated rings. The lowest BCUT2D eigenvalue weighted by Gasteiger charge is -2.37. The minimum atomic E-state index is -4.47. The molecule has 2 aromatic rings. The minimum Gasteiger partial charge on any atom is -0.484 e. The number of rotatable bonds is 7. The Kier molecular flexibility index (Phi) is 8.37. The summed E-state index contributed by atoms with van der Waals surface area (Å²) in [7, 11) is 0. The highest BCUT2D eigenvalue weighted by atomic mass is 19.4. The Morgan fingerprint density at radius 3 is 2.03 bits per heavy atom. The Labute approximate surface area is 201 Å². The summed E-state index contributed by atoms with van der Waals surface area (Å²) in [5.41, 5.74) is -0.663. The summed E-state index contributed by atoms with van der Waals surface area (Å²) < 4.78 is 43.7. The van der Waals surface area contributed by atoms with Crippen LogP contribution in [-0.2, 0) is 15.8 Å². The molecule has 10 heteroatoms. The van der Waals surface area contributed by atoms with E-state index in [-0.39, 0.29) is 50.2 Å². The smallest absolute Gasteiger partial charge is 0.416 e. The topological polar surface area (TPSA) is 79.0 Å². The molecule has 0 aliphatic carbocycles. The van der Waals surface area contributed by atoms with Crippen molar-refractivity contribution in [1.82, 2.24) is 15.1 Å². The van der Waals surface area contributed by atoms with Crippen molar-refractivity contribution in [2.45, 2.75) is 26.1 Å². The van der Waals surface area contributed by atoms with E-state index in [4.69, 9.17) is 4.74 Å². The molecule has 1 unspecified atom stereocenters. The fourth-order valence-electron chi connectivity index (χ4n) is 3.71. The van der Waals surface area contributed by atoms with Crippen LogP contribution in [0.25, 0.3) is 0 Å². The van der Waals surface area contributed by atoms with E-state index in [1.54, 1.807) is 29.2 Å². The molecular weight excluding hydrogens is 463 g/mol. The van der Waals surface area contributed by atoms with Gasteiger partial charge in [-0.3, -0.25) is 14.4 Å². The van der Waals surface area contributed by atoms with Crippen molar-refractivity contribution in [3.05, 3.63) is 65.7 Å². The molecule has 7 nitrogen and oxygen atoms in total. The first-order valence-corrected chi connectivity index (χ1v) is 11.3. The van der Waals surface area contributed by atoms with Gasteiger partial charge in [0.25, 0.3) is 11.8 Å². The first-order valence-electron chi connectivity index (χ1n) is 11.3. The van der Waals surface area contributed by atoms with Crippen molar-refractivity contribution in [2.24, 2.45) is 5.92 Å². The second-order valence-electron chi connectivity index (χ2n) is 8.58. The van der Waals surface area contributed by atoms with Crippen LogP contribution < -0.4 is 10.1 Å². The Morgan fingerprint density at radius 2 is 1.49 bits per heavy atom. The average molecular weight is 492 g/mol. The summed E-state index contributed by atoms with van der Waals surface area (Å²) in [6.45, 7) is 4.41. The molecule has 0 bridgehead atoms. The first kappa shape index (κ1) is 26.1. The summed E-state index contributed by atoms with van der Waals surface area (Å²) in [5.74, 6) is -0.691. The van der Waals surface area contributed by atoms with Gasteiger partial charge in [-0.25, -0.2) is 0 Å². The molecule has 188 valence electrons. The standard InChI is InChI=1S/C25H28F3N3O4/c1-17(2)22(29-21(32)16-35-20-6-4-3-5-7-20)24(34)31-14-12-30(13-15-31)23(33)18-8-10-19(11-9-18)25(26,27)28/h3-11,17,22H,12-16H2,1-2H3,(H,29,32). The van der Waals surface area contributed by atoms with Crippen molar-refractivity contribution in [1.29, 1.82) is 0 Å². The maximum atomic E-state index is 13.1. The minimum absolute atomic E-state index is 0.156. The van der Waals surface area contributed by atoms with Gasteiger partial charge < -0.3 is 19.9 Å². The van der Waals surface area contributed by atoms with E-state index in [0.717, 1.165) is 24.3 Å². The van der Waals surface area contributed by atoms with E-state index in [1.165, 1.54) is 4.90 Å². The van der Waals surface area contributed by atoms with Gasteiger partial charge in [0, 0.05) is 31.7 Å². The van der Waals surface area contributed by atoms with Crippen LogP contribution >= 0.6 is 0 Å². The number of hydrogen-bond acceptors (Lipinski definition) is 4. The van der Waals surface area contributed by atoms with E-state index in [2.05, 4.69) is 5.32 Å². The number of halogens is 3. The Hall–Kier alpha value is -3.56. The van der Waals surface area contributed by atoms with Crippen LogP contribution in [0.15, 0.2) is 54.6 Å². The van der Waals surface area contributed by atoms with Crippen molar-refractivity contribution < 1.29 is 32.3 Å². The monoisotopic (exact) mass is 491 g/mol. The molecule has 1 aliphatic heterocycles. The van der Waals surface area contributed by atoms with E-state index < -0.39 is 29.6 Å². The number of carbonyl (C=O) groups excluding carboxylic acids is 3. The van der Waals surface area contributed by atoms with Gasteiger partial charge >= 0.3 is 6.18 Å². The number of nitrogens with one attached hydrogen (secondary N) is 1. The SMILES string of the molecule is CC(C)C(NC(=O)COc1ccccc1)C(=O)N1CCN(C(=O)c2ccc(C(F)(F)F)cc2)CC1. The summed E-state index contributed by atoms with van der Waals surface area (Å²) in [4.78, 5) is 41.2. The Balaban J connectivity index is 1.53. The van der Waals surface area contributed by atoms with Gasteiger partial charge in [-0.1, -0.05) is 32.0 Å². The summed E-state index contributed by atoms with van der Waals surface area (Å²) >= 11 is 0. The van der Waals surface area contributed by atoms with Crippen LogP contribution in [0, 0.1) is 5.92 Å². The molecular formula is C25H28F3N3O4. The Morgan fingerprint density at radius 1 is 0.914 bits per heavy atom. The van der Waals surface area contributed by atoms with Crippen molar-refractivity contribution in [2.75, 3.05) is 32.8 Å². The molecule has 1 saturated heterocycles. The molecule has 1 heterocycles. The fraction of sp³-hybridized carbons (Fsp3) is 0.400. The number of amides is 3.